The van der Waals surface area contributed by atoms with Crippen LogP contribution in [0.1, 0.15) is 170 Å². The van der Waals surface area contributed by atoms with Crippen LogP contribution in [0.25, 0.3) is 0 Å². The zero-order valence-electron chi connectivity index (χ0n) is 53.3. The minimum absolute atomic E-state index is 0.525. The number of likely N-dealkylation sites (N-methyl/N-ethyl adjacent to an activating group) is 3. The lowest BCUT2D eigenvalue weighted by Crippen LogP contribution is -2.40. The van der Waals surface area contributed by atoms with Crippen LogP contribution in [0.3, 0.4) is 0 Å². The second-order valence-electron chi connectivity index (χ2n) is 24.6. The quantitative estimate of drug-likeness (QED) is 0.185. The SMILES string of the molecule is CC1CCCCCO1.CC1CCCCO1.CC1CCCNC1.CC1CCNC1.CC1CCNCC1.CC1CCOCC1.CN1CCCC1.CN1CCCCC1.CN1CCCOCC1.CN1CCNCC1.CN1CCOCC1. The molecular weight excluding hydrogens is 963 g/mol. The third-order valence-electron chi connectivity index (χ3n) is 16.0. The van der Waals surface area contributed by atoms with E-state index in [0.29, 0.717) is 12.2 Å². The molecule has 0 aromatic heterocycles. The van der Waals surface area contributed by atoms with Gasteiger partial charge in [-0.2, -0.15) is 0 Å². The Morgan fingerprint density at radius 3 is 0.987 bits per heavy atom. The number of morpholine rings is 1. The third-order valence-corrected chi connectivity index (χ3v) is 16.0. The smallest absolute Gasteiger partial charge is 0.0594 e. The fourth-order valence-corrected chi connectivity index (χ4v) is 9.82. The summed E-state index contributed by atoms with van der Waals surface area (Å²) < 4.78 is 26.1. The van der Waals surface area contributed by atoms with Crippen molar-refractivity contribution in [2.24, 2.45) is 23.7 Å². The molecule has 0 radical (unpaired) electrons. The number of rotatable bonds is 0. The molecule has 77 heavy (non-hydrogen) atoms. The third kappa shape index (κ3) is 53.2. The van der Waals surface area contributed by atoms with Gasteiger partial charge >= 0.3 is 0 Å². The topological polar surface area (TPSA) is 110 Å². The molecule has 0 saturated carbocycles. The van der Waals surface area contributed by atoms with E-state index in [9.17, 15) is 0 Å². The van der Waals surface area contributed by atoms with Crippen molar-refractivity contribution < 1.29 is 23.7 Å². The normalized spacial score (nSPS) is 28.1. The molecule has 0 spiro atoms. The van der Waals surface area contributed by atoms with Crippen LogP contribution < -0.4 is 21.3 Å². The fraction of sp³-hybridized carbons (Fsp3) is 1.00. The largest absolute Gasteiger partial charge is 0.381 e. The molecule has 462 valence electrons. The molecule has 4 unspecified atom stereocenters. The number of ether oxygens (including phenoxy) is 5. The summed E-state index contributed by atoms with van der Waals surface area (Å²) in [5.41, 5.74) is 0. The average Bonchev–Trinajstić information content (AvgIpc) is 3.99. The average molecular weight is 1100 g/mol. The van der Waals surface area contributed by atoms with Crippen LogP contribution in [-0.2, 0) is 23.7 Å². The van der Waals surface area contributed by atoms with E-state index in [1.807, 2.05) is 0 Å². The molecule has 4 atom stereocenters. The first kappa shape index (κ1) is 74.5. The van der Waals surface area contributed by atoms with E-state index >= 15 is 0 Å². The molecule has 11 aliphatic rings. The van der Waals surface area contributed by atoms with Gasteiger partial charge in [-0.15, -0.1) is 0 Å². The molecule has 4 N–H and O–H groups in total. The van der Waals surface area contributed by atoms with E-state index in [4.69, 9.17) is 23.7 Å². The number of nitrogens with zero attached hydrogens (tertiary/aromatic N) is 5. The Balaban J connectivity index is 0.000000424. The summed E-state index contributed by atoms with van der Waals surface area (Å²) in [5.74, 6) is 3.74. The summed E-state index contributed by atoms with van der Waals surface area (Å²) in [6, 6.07) is 0. The monoisotopic (exact) mass is 1100 g/mol. The van der Waals surface area contributed by atoms with E-state index < -0.39 is 0 Å². The van der Waals surface area contributed by atoms with Crippen LogP contribution in [0.5, 0.6) is 0 Å². The minimum Gasteiger partial charge on any atom is -0.381 e. The molecule has 0 aliphatic carbocycles. The molecule has 0 aromatic rings. The summed E-state index contributed by atoms with van der Waals surface area (Å²) in [6.07, 6.45) is 28.0. The van der Waals surface area contributed by atoms with Gasteiger partial charge in [0.25, 0.3) is 0 Å². The number of hydrogen-bond acceptors (Lipinski definition) is 14. The zero-order chi connectivity index (χ0) is 56.2. The van der Waals surface area contributed by atoms with Crippen LogP contribution in [0.2, 0.25) is 0 Å². The fourth-order valence-electron chi connectivity index (χ4n) is 9.82. The molecule has 14 nitrogen and oxygen atoms in total. The van der Waals surface area contributed by atoms with Crippen molar-refractivity contribution in [3.8, 4) is 0 Å². The summed E-state index contributed by atoms with van der Waals surface area (Å²) in [6.45, 7) is 43.0. The van der Waals surface area contributed by atoms with Crippen molar-refractivity contribution in [1.29, 1.82) is 0 Å². The van der Waals surface area contributed by atoms with E-state index in [1.54, 1.807) is 0 Å². The highest BCUT2D eigenvalue weighted by Crippen LogP contribution is 2.14. The second kappa shape index (κ2) is 54.7. The Morgan fingerprint density at radius 1 is 0.260 bits per heavy atom. The van der Waals surface area contributed by atoms with Gasteiger partial charge in [-0.3, -0.25) is 0 Å². The molecule has 11 saturated heterocycles. The highest BCUT2D eigenvalue weighted by molar-refractivity contribution is 4.67. The standard InChI is InChI=1S/C7H14O.C6H13NO.3C6H13N.2C6H12O.C5H12N2.C5H11NO.2C5H11N/c1-7-5-3-2-4-6-8-7;1-7-3-2-5-8-6-4-7;1-6-2-4-7-5-3-6;1-6-3-2-4-7-5-6;1-7-5-3-2-4-6-7;1-6-2-4-7-5-3-6;1-6-4-2-3-5-7-6;1-7-4-2-6-3-5-7;1-6-2-4-7-5-3-6;1-5-2-3-6-4-5;1-6-4-2-3-5-6/h7H,2-6H2,1H3;2-6H2,1H3;2*6-7H,2-5H2,1H3;2-6H2,1H3;3*6H,2-5H2,1H3;2-5H2,1H3;5-6H,2-4H2,1H3;2-5H2,1H3. The predicted octanol–water partition coefficient (Wildman–Crippen LogP) is 9.22. The van der Waals surface area contributed by atoms with Crippen molar-refractivity contribution in [2.75, 3.05) is 206 Å². The van der Waals surface area contributed by atoms with Gasteiger partial charge < -0.3 is 69.5 Å². The van der Waals surface area contributed by atoms with Gasteiger partial charge in [-0.1, -0.05) is 47.0 Å². The lowest BCUT2D eigenvalue weighted by Gasteiger charge is -2.21. The van der Waals surface area contributed by atoms with Gasteiger partial charge in [0.2, 0.25) is 0 Å². The van der Waals surface area contributed by atoms with Crippen molar-refractivity contribution in [2.45, 2.75) is 182 Å². The Kier molecular flexibility index (Phi) is 52.9. The van der Waals surface area contributed by atoms with Crippen molar-refractivity contribution in [1.82, 2.24) is 45.8 Å². The van der Waals surface area contributed by atoms with Gasteiger partial charge in [0.05, 0.1) is 32.0 Å². The minimum atomic E-state index is 0.525. The molecular formula is C63H135N9O5. The van der Waals surface area contributed by atoms with Crippen LogP contribution in [0.4, 0.5) is 0 Å². The van der Waals surface area contributed by atoms with E-state index in [1.165, 1.54) is 213 Å². The number of piperazine rings is 1. The van der Waals surface area contributed by atoms with Crippen LogP contribution in [-0.4, -0.2) is 243 Å². The van der Waals surface area contributed by atoms with Crippen molar-refractivity contribution >= 4 is 0 Å². The summed E-state index contributed by atoms with van der Waals surface area (Å²) in [7, 11) is 10.8. The van der Waals surface area contributed by atoms with Crippen molar-refractivity contribution in [3.05, 3.63) is 0 Å². The van der Waals surface area contributed by atoms with Gasteiger partial charge in [-0.25, -0.2) is 0 Å². The molecule has 0 bridgehead atoms. The highest BCUT2D eigenvalue weighted by atomic mass is 16.5. The Labute approximate surface area is 479 Å². The first-order valence-electron chi connectivity index (χ1n) is 32.6. The number of likely N-dealkylation sites (tertiary alicyclic amines) is 2. The maximum atomic E-state index is 5.40. The molecule has 0 aromatic carbocycles. The first-order chi connectivity index (χ1) is 37.3. The molecule has 0 amide bonds. The lowest BCUT2D eigenvalue weighted by molar-refractivity contribution is 0.0285. The summed E-state index contributed by atoms with van der Waals surface area (Å²) in [5, 5.41) is 13.2. The molecule has 11 heterocycles. The van der Waals surface area contributed by atoms with Gasteiger partial charge in [-0.05, 0) is 247 Å². The molecule has 14 heteroatoms. The number of piperidine rings is 3. The Morgan fingerprint density at radius 2 is 0.636 bits per heavy atom. The number of nitrogens with one attached hydrogen (secondary N) is 4. The Bertz CT molecular complexity index is 943. The number of hydrogen-bond donors (Lipinski definition) is 4. The lowest BCUT2D eigenvalue weighted by atomic mass is 10.0. The first-order valence-corrected chi connectivity index (χ1v) is 32.6. The maximum absolute atomic E-state index is 5.40. The Hall–Kier alpha value is -0.560. The molecule has 11 fully saturated rings. The molecule has 11 rings (SSSR count). The maximum Gasteiger partial charge on any atom is 0.0594 e. The van der Waals surface area contributed by atoms with Crippen LogP contribution in [0, 0.1) is 23.7 Å². The van der Waals surface area contributed by atoms with E-state index in [0.717, 1.165) is 109 Å². The molecule has 11 aliphatic heterocycles. The van der Waals surface area contributed by atoms with Crippen LogP contribution >= 0.6 is 0 Å². The summed E-state index contributed by atoms with van der Waals surface area (Å²) in [4.78, 5) is 11.6. The zero-order valence-corrected chi connectivity index (χ0v) is 53.3. The van der Waals surface area contributed by atoms with E-state index in [-0.39, 0.29) is 0 Å². The second-order valence-corrected chi connectivity index (χ2v) is 24.6. The predicted molar refractivity (Wildman–Crippen MR) is 331 cm³/mol. The van der Waals surface area contributed by atoms with Crippen molar-refractivity contribution in [3.63, 3.8) is 0 Å². The highest BCUT2D eigenvalue weighted by Gasteiger charge is 2.10. The van der Waals surface area contributed by atoms with Gasteiger partial charge in [0, 0.05) is 85.4 Å². The summed E-state index contributed by atoms with van der Waals surface area (Å²) >= 11 is 0. The van der Waals surface area contributed by atoms with Crippen LogP contribution in [0.15, 0.2) is 0 Å². The van der Waals surface area contributed by atoms with E-state index in [2.05, 4.69) is 123 Å². The van der Waals surface area contributed by atoms with Gasteiger partial charge in [0.15, 0.2) is 0 Å². The van der Waals surface area contributed by atoms with Gasteiger partial charge in [0.1, 0.15) is 0 Å².